The van der Waals surface area contributed by atoms with Gasteiger partial charge in [0.2, 0.25) is 0 Å². The van der Waals surface area contributed by atoms with Crippen LogP contribution in [0, 0.1) is 0 Å². The summed E-state index contributed by atoms with van der Waals surface area (Å²) in [5.74, 6) is 0.00305. The van der Waals surface area contributed by atoms with E-state index in [4.69, 9.17) is 22.5 Å². The Morgan fingerprint density at radius 1 is 1.53 bits per heavy atom. The van der Waals surface area contributed by atoms with E-state index < -0.39 is 0 Å². The van der Waals surface area contributed by atoms with Crippen LogP contribution in [0.2, 0.25) is 5.02 Å². The van der Waals surface area contributed by atoms with Crippen LogP contribution < -0.4 is 5.73 Å². The Kier molecular flexibility index (Phi) is 3.35. The number of benzene rings is 1. The second-order valence-electron chi connectivity index (χ2n) is 3.25. The summed E-state index contributed by atoms with van der Waals surface area (Å²) < 4.78 is 2.41. The molecule has 88 valence electrons. The van der Waals surface area contributed by atoms with E-state index in [2.05, 4.69) is 26.2 Å². The molecular weight excluding hydrogens is 307 g/mol. The van der Waals surface area contributed by atoms with Crippen LogP contribution in [0.3, 0.4) is 0 Å². The third-order valence-corrected chi connectivity index (χ3v) is 2.79. The predicted molar refractivity (Wildman–Crippen MR) is 68.8 cm³/mol. The molecule has 17 heavy (non-hydrogen) atoms. The Labute approximate surface area is 111 Å². The van der Waals surface area contributed by atoms with Crippen molar-refractivity contribution in [2.75, 3.05) is 0 Å². The fourth-order valence-corrected chi connectivity index (χ4v) is 1.85. The molecule has 0 aliphatic rings. The van der Waals surface area contributed by atoms with Crippen LogP contribution in [0.25, 0.3) is 5.69 Å². The zero-order chi connectivity index (χ0) is 12.4. The number of amidine groups is 1. The molecule has 0 unspecified atom stereocenters. The SMILES string of the molecule is NC(=NO)c1ccc(Cl)cc1-n1cc(Br)cn1. The molecule has 1 aromatic heterocycles. The zero-order valence-corrected chi connectivity index (χ0v) is 10.9. The van der Waals surface area contributed by atoms with Gasteiger partial charge in [0.25, 0.3) is 0 Å². The van der Waals surface area contributed by atoms with Gasteiger partial charge in [-0.25, -0.2) is 4.68 Å². The molecule has 0 saturated heterocycles. The first-order valence-corrected chi connectivity index (χ1v) is 5.77. The first-order valence-electron chi connectivity index (χ1n) is 4.60. The Bertz CT molecular complexity index is 581. The van der Waals surface area contributed by atoms with Gasteiger partial charge in [-0.1, -0.05) is 16.8 Å². The molecule has 0 spiro atoms. The van der Waals surface area contributed by atoms with Gasteiger partial charge in [0.1, 0.15) is 0 Å². The maximum absolute atomic E-state index is 8.73. The highest BCUT2D eigenvalue weighted by Crippen LogP contribution is 2.21. The minimum absolute atomic E-state index is 0.00305. The van der Waals surface area contributed by atoms with Crippen molar-refractivity contribution in [2.24, 2.45) is 10.9 Å². The Morgan fingerprint density at radius 3 is 2.88 bits per heavy atom. The topological polar surface area (TPSA) is 76.4 Å². The van der Waals surface area contributed by atoms with Crippen LogP contribution in [-0.4, -0.2) is 20.8 Å². The van der Waals surface area contributed by atoms with Crippen molar-refractivity contribution < 1.29 is 5.21 Å². The predicted octanol–water partition coefficient (Wildman–Crippen LogP) is 2.38. The number of oxime groups is 1. The molecule has 0 fully saturated rings. The molecule has 1 heterocycles. The van der Waals surface area contributed by atoms with Gasteiger partial charge in [0.15, 0.2) is 5.84 Å². The van der Waals surface area contributed by atoms with E-state index in [1.165, 1.54) is 0 Å². The van der Waals surface area contributed by atoms with E-state index in [-0.39, 0.29) is 5.84 Å². The van der Waals surface area contributed by atoms with E-state index in [1.54, 1.807) is 35.3 Å². The summed E-state index contributed by atoms with van der Waals surface area (Å²) in [5, 5.41) is 16.4. The number of nitrogens with zero attached hydrogens (tertiary/aromatic N) is 3. The average molecular weight is 316 g/mol. The highest BCUT2D eigenvalue weighted by atomic mass is 79.9. The highest BCUT2D eigenvalue weighted by Gasteiger charge is 2.10. The van der Waals surface area contributed by atoms with Gasteiger partial charge in [-0.3, -0.25) is 0 Å². The first kappa shape index (κ1) is 11.9. The van der Waals surface area contributed by atoms with Crippen LogP contribution in [0.1, 0.15) is 5.56 Å². The van der Waals surface area contributed by atoms with Crippen LogP contribution in [0.4, 0.5) is 0 Å². The molecule has 0 bridgehead atoms. The molecule has 0 saturated carbocycles. The van der Waals surface area contributed by atoms with E-state index in [9.17, 15) is 0 Å². The van der Waals surface area contributed by atoms with Crippen molar-refractivity contribution >= 4 is 33.4 Å². The lowest BCUT2D eigenvalue weighted by atomic mass is 10.1. The highest BCUT2D eigenvalue weighted by molar-refractivity contribution is 9.10. The monoisotopic (exact) mass is 314 g/mol. The number of rotatable bonds is 2. The summed E-state index contributed by atoms with van der Waals surface area (Å²) >= 11 is 9.22. The summed E-state index contributed by atoms with van der Waals surface area (Å²) in [4.78, 5) is 0. The van der Waals surface area contributed by atoms with Crippen molar-refractivity contribution in [1.82, 2.24) is 9.78 Å². The van der Waals surface area contributed by atoms with E-state index in [0.29, 0.717) is 16.3 Å². The number of hydrogen-bond acceptors (Lipinski definition) is 3. The molecule has 0 atom stereocenters. The van der Waals surface area contributed by atoms with Crippen LogP contribution in [-0.2, 0) is 0 Å². The van der Waals surface area contributed by atoms with Gasteiger partial charge in [0.05, 0.1) is 16.4 Å². The number of hydrogen-bond donors (Lipinski definition) is 2. The molecule has 1 aromatic carbocycles. The average Bonchev–Trinajstić information content (AvgIpc) is 2.75. The number of halogens is 2. The van der Waals surface area contributed by atoms with Gasteiger partial charge >= 0.3 is 0 Å². The van der Waals surface area contributed by atoms with Crippen LogP contribution in [0.15, 0.2) is 40.2 Å². The molecule has 7 heteroatoms. The normalized spacial score (nSPS) is 11.8. The minimum atomic E-state index is 0.00305. The summed E-state index contributed by atoms with van der Waals surface area (Å²) in [6, 6.07) is 5.02. The van der Waals surface area contributed by atoms with Crippen molar-refractivity contribution in [1.29, 1.82) is 0 Å². The molecule has 2 rings (SSSR count). The first-order chi connectivity index (χ1) is 8.11. The van der Waals surface area contributed by atoms with Crippen molar-refractivity contribution in [2.45, 2.75) is 0 Å². The summed E-state index contributed by atoms with van der Waals surface area (Å²) in [6.45, 7) is 0. The van der Waals surface area contributed by atoms with Gasteiger partial charge in [-0.2, -0.15) is 5.10 Å². The van der Waals surface area contributed by atoms with Crippen molar-refractivity contribution in [3.05, 3.63) is 45.7 Å². The van der Waals surface area contributed by atoms with E-state index >= 15 is 0 Å². The number of nitrogens with two attached hydrogens (primary N) is 1. The molecule has 5 nitrogen and oxygen atoms in total. The van der Waals surface area contributed by atoms with Gasteiger partial charge in [-0.05, 0) is 34.1 Å². The maximum atomic E-state index is 8.73. The van der Waals surface area contributed by atoms with E-state index in [0.717, 1.165) is 4.47 Å². The lowest BCUT2D eigenvalue weighted by molar-refractivity contribution is 0.318. The quantitative estimate of drug-likeness (QED) is 0.387. The molecule has 3 N–H and O–H groups in total. The lowest BCUT2D eigenvalue weighted by Gasteiger charge is -2.08. The fourth-order valence-electron chi connectivity index (χ4n) is 1.40. The van der Waals surface area contributed by atoms with Gasteiger partial charge < -0.3 is 10.9 Å². The molecule has 0 radical (unpaired) electrons. The molecule has 0 aliphatic heterocycles. The standard InChI is InChI=1S/C10H8BrClN4O/c11-6-4-14-16(5-6)9-3-7(12)1-2-8(9)10(13)15-17/h1-5,17H,(H2,13,15). The zero-order valence-electron chi connectivity index (χ0n) is 8.51. The second kappa shape index (κ2) is 4.77. The molecule has 0 amide bonds. The Balaban J connectivity index is 2.62. The lowest BCUT2D eigenvalue weighted by Crippen LogP contribution is -2.16. The maximum Gasteiger partial charge on any atom is 0.172 e. The van der Waals surface area contributed by atoms with Crippen LogP contribution >= 0.6 is 27.5 Å². The van der Waals surface area contributed by atoms with Crippen molar-refractivity contribution in [3.63, 3.8) is 0 Å². The summed E-state index contributed by atoms with van der Waals surface area (Å²) in [6.07, 6.45) is 3.39. The van der Waals surface area contributed by atoms with E-state index in [1.807, 2.05) is 0 Å². The van der Waals surface area contributed by atoms with Crippen LogP contribution in [0.5, 0.6) is 0 Å². The number of aromatic nitrogens is 2. The molecule has 2 aromatic rings. The Morgan fingerprint density at radius 2 is 2.29 bits per heavy atom. The Hall–Kier alpha value is -1.53. The van der Waals surface area contributed by atoms with Gasteiger partial charge in [0, 0.05) is 16.8 Å². The van der Waals surface area contributed by atoms with Crippen molar-refractivity contribution in [3.8, 4) is 5.69 Å². The third-order valence-electron chi connectivity index (χ3n) is 2.14. The summed E-state index contributed by atoms with van der Waals surface area (Å²) in [5.41, 5.74) is 6.78. The minimum Gasteiger partial charge on any atom is -0.409 e. The molecular formula is C10H8BrClN4O. The molecule has 0 aliphatic carbocycles. The van der Waals surface area contributed by atoms with Gasteiger partial charge in [-0.15, -0.1) is 0 Å². The fraction of sp³-hybridized carbons (Fsp3) is 0. The summed E-state index contributed by atoms with van der Waals surface area (Å²) in [7, 11) is 0. The smallest absolute Gasteiger partial charge is 0.172 e. The largest absolute Gasteiger partial charge is 0.409 e. The second-order valence-corrected chi connectivity index (χ2v) is 4.60. The third kappa shape index (κ3) is 2.42.